The molecule has 26 nitrogen and oxygen atoms in total. The quantitative estimate of drug-likeness (QED) is 0.0640. The fourth-order valence-corrected chi connectivity index (χ4v) is 8.95. The lowest BCUT2D eigenvalue weighted by molar-refractivity contribution is -0.160. The third-order valence-electron chi connectivity index (χ3n) is 14.5. The summed E-state index contributed by atoms with van der Waals surface area (Å²) >= 11 is 0. The van der Waals surface area contributed by atoms with Crippen molar-refractivity contribution in [2.24, 2.45) is 17.8 Å². The SMILES string of the molecule is CC[C@H](C)[C@H]1NC(=O)[C@@H](NC(=O)[C@H](C)[C@H](O)C(C)C)[C@@H](C)OC(=O)[C@@H]2COC(=O)CNC(=O)/C=C/[C@](O)(CNCCCNC(=O)OC(C)(C)C)[C@@H](C)Oc3ccc(cc3)C(NC1=O)C(=O)N(C)[C@@H](Cc1ccccc1)C(=O)N[C@H]([C@@H](C)O)C(=O)N2. The number of amides is 8. The van der Waals surface area contributed by atoms with Crippen molar-refractivity contribution in [1.82, 2.24) is 47.4 Å². The maximum Gasteiger partial charge on any atom is 0.407 e. The Morgan fingerprint density at radius 2 is 1.46 bits per heavy atom. The highest BCUT2D eigenvalue weighted by molar-refractivity contribution is 5.98. The molecule has 26 heteroatoms. The molecule has 0 spiro atoms. The van der Waals surface area contributed by atoms with Gasteiger partial charge in [0.25, 0.3) is 0 Å². The first-order chi connectivity index (χ1) is 39.9. The van der Waals surface area contributed by atoms with Crippen LogP contribution in [0.2, 0.25) is 0 Å². The van der Waals surface area contributed by atoms with Gasteiger partial charge in [0, 0.05) is 32.6 Å². The number of likely N-dealkylation sites (N-methyl/N-ethyl adjacent to an activating group) is 1. The van der Waals surface area contributed by atoms with E-state index in [9.17, 15) is 58.5 Å². The molecule has 470 valence electrons. The third-order valence-corrected chi connectivity index (χ3v) is 14.5. The lowest BCUT2D eigenvalue weighted by Gasteiger charge is -2.34. The van der Waals surface area contributed by atoms with Crippen molar-refractivity contribution in [3.05, 3.63) is 77.9 Å². The number of nitrogens with one attached hydrogen (secondary N) is 8. The number of esters is 2. The second kappa shape index (κ2) is 32.0. The number of fused-ring (bicyclic) bond motifs is 11. The first-order valence-electron chi connectivity index (χ1n) is 28.5. The maximum absolute atomic E-state index is 15.3. The fraction of sp³-hybridized carbons (Fsp3) is 0.593. The first kappa shape index (κ1) is 69.8. The van der Waals surface area contributed by atoms with Crippen molar-refractivity contribution in [2.45, 2.75) is 167 Å². The molecule has 3 aliphatic rings. The topological polar surface area (TPSA) is 368 Å². The Morgan fingerprint density at radius 1 is 0.824 bits per heavy atom. The molecule has 1 saturated heterocycles. The van der Waals surface area contributed by atoms with Crippen molar-refractivity contribution in [3.8, 4) is 5.75 Å². The number of carbonyl (C=O) groups is 10. The molecule has 0 radical (unpaired) electrons. The monoisotopic (exact) mass is 1190 g/mol. The summed E-state index contributed by atoms with van der Waals surface area (Å²) in [6, 6.07) is 3.90. The molecular formula is C59H87N9O17. The maximum atomic E-state index is 15.3. The van der Waals surface area contributed by atoms with Gasteiger partial charge in [0.05, 0.1) is 18.1 Å². The van der Waals surface area contributed by atoms with Crippen LogP contribution in [0, 0.1) is 17.8 Å². The van der Waals surface area contributed by atoms with E-state index in [4.69, 9.17) is 18.9 Å². The summed E-state index contributed by atoms with van der Waals surface area (Å²) in [6.07, 6.45) is -3.82. The second-order valence-electron chi connectivity index (χ2n) is 22.9. The van der Waals surface area contributed by atoms with Crippen LogP contribution in [0.25, 0.3) is 0 Å². The minimum Gasteiger partial charge on any atom is -0.487 e. The van der Waals surface area contributed by atoms with Gasteiger partial charge in [-0.15, -0.1) is 0 Å². The normalized spacial score (nSPS) is 26.4. The van der Waals surface area contributed by atoms with E-state index in [2.05, 4.69) is 42.5 Å². The molecule has 13 atom stereocenters. The van der Waals surface area contributed by atoms with Gasteiger partial charge in [-0.1, -0.05) is 83.5 Å². The van der Waals surface area contributed by atoms with Gasteiger partial charge in [-0.3, -0.25) is 38.4 Å². The molecule has 8 amide bonds. The van der Waals surface area contributed by atoms with Crippen LogP contribution in [-0.2, 0) is 63.8 Å². The Bertz CT molecular complexity index is 2670. The first-order valence-corrected chi connectivity index (χ1v) is 28.5. The van der Waals surface area contributed by atoms with Crippen LogP contribution < -0.4 is 47.3 Å². The Kier molecular flexibility index (Phi) is 26.3. The van der Waals surface area contributed by atoms with Crippen molar-refractivity contribution in [3.63, 3.8) is 0 Å². The van der Waals surface area contributed by atoms with Crippen LogP contribution in [0.3, 0.4) is 0 Å². The van der Waals surface area contributed by atoms with Gasteiger partial charge in [0.1, 0.15) is 72.5 Å². The van der Waals surface area contributed by atoms with Crippen molar-refractivity contribution < 1.29 is 82.2 Å². The Hall–Kier alpha value is -7.68. The summed E-state index contributed by atoms with van der Waals surface area (Å²) in [5.41, 5.74) is -2.03. The summed E-state index contributed by atoms with van der Waals surface area (Å²) in [6.45, 7) is 15.6. The highest BCUT2D eigenvalue weighted by atomic mass is 16.6. The van der Waals surface area contributed by atoms with Crippen LogP contribution in [-0.4, -0.2) is 185 Å². The minimum absolute atomic E-state index is 0.121. The fourth-order valence-electron chi connectivity index (χ4n) is 8.95. The van der Waals surface area contributed by atoms with E-state index >= 15 is 4.79 Å². The van der Waals surface area contributed by atoms with Crippen molar-refractivity contribution in [1.29, 1.82) is 0 Å². The van der Waals surface area contributed by atoms with Gasteiger partial charge in [0.2, 0.25) is 41.4 Å². The summed E-state index contributed by atoms with van der Waals surface area (Å²) < 4.78 is 22.7. The number of aliphatic hydroxyl groups is 3. The number of alkyl carbamates (subject to hydrolysis) is 1. The van der Waals surface area contributed by atoms with Gasteiger partial charge in [-0.2, -0.15) is 0 Å². The molecule has 0 aromatic heterocycles. The third kappa shape index (κ3) is 21.1. The van der Waals surface area contributed by atoms with E-state index < -0.39 is 162 Å². The number of aliphatic hydroxyl groups excluding tert-OH is 2. The zero-order chi connectivity index (χ0) is 63.5. The zero-order valence-electron chi connectivity index (χ0n) is 50.5. The molecule has 1 fully saturated rings. The van der Waals surface area contributed by atoms with Gasteiger partial charge in [0.15, 0.2) is 6.04 Å². The second-order valence-corrected chi connectivity index (χ2v) is 22.9. The molecule has 4 bridgehead atoms. The number of rotatable bonds is 15. The molecule has 0 saturated carbocycles. The highest BCUT2D eigenvalue weighted by Crippen LogP contribution is 2.26. The number of ether oxygens (including phenoxy) is 4. The Labute approximate surface area is 496 Å². The Morgan fingerprint density at radius 3 is 2.07 bits per heavy atom. The predicted octanol–water partition coefficient (Wildman–Crippen LogP) is 0.110. The summed E-state index contributed by atoms with van der Waals surface area (Å²) in [5, 5.41) is 55.1. The molecule has 85 heavy (non-hydrogen) atoms. The smallest absolute Gasteiger partial charge is 0.407 e. The van der Waals surface area contributed by atoms with Crippen LogP contribution in [0.5, 0.6) is 5.75 Å². The molecule has 0 aliphatic carbocycles. The van der Waals surface area contributed by atoms with Gasteiger partial charge in [-0.25, -0.2) is 9.59 Å². The van der Waals surface area contributed by atoms with E-state index in [1.807, 2.05) is 0 Å². The lowest BCUT2D eigenvalue weighted by atomic mass is 9.93. The van der Waals surface area contributed by atoms with E-state index in [1.165, 1.54) is 52.1 Å². The predicted molar refractivity (Wildman–Crippen MR) is 308 cm³/mol. The number of cyclic esters (lactones) is 1. The molecule has 3 heterocycles. The molecule has 5 rings (SSSR count). The van der Waals surface area contributed by atoms with E-state index in [0.717, 1.165) is 24.0 Å². The minimum atomic E-state index is -2.00. The van der Waals surface area contributed by atoms with Gasteiger partial charge in [-0.05, 0) is 95.7 Å². The van der Waals surface area contributed by atoms with Crippen LogP contribution >= 0.6 is 0 Å². The molecule has 1 unspecified atom stereocenters. The van der Waals surface area contributed by atoms with Crippen LogP contribution in [0.4, 0.5) is 4.79 Å². The molecule has 11 N–H and O–H groups in total. The average molecular weight is 1190 g/mol. The van der Waals surface area contributed by atoms with Crippen LogP contribution in [0.15, 0.2) is 66.7 Å². The van der Waals surface area contributed by atoms with E-state index in [0.29, 0.717) is 12.0 Å². The molecule has 2 aromatic carbocycles. The highest BCUT2D eigenvalue weighted by Gasteiger charge is 2.42. The molecular weight excluding hydrogens is 1110 g/mol. The zero-order valence-corrected chi connectivity index (χ0v) is 50.5. The number of hydrogen-bond donors (Lipinski definition) is 11. The average Bonchev–Trinajstić information content (AvgIpc) is 3.08. The van der Waals surface area contributed by atoms with Crippen molar-refractivity contribution >= 4 is 59.4 Å². The number of benzene rings is 2. The van der Waals surface area contributed by atoms with Gasteiger partial charge >= 0.3 is 18.0 Å². The summed E-state index contributed by atoms with van der Waals surface area (Å²) in [5.74, 6) is -11.5. The number of hydrogen-bond acceptors (Lipinski definition) is 18. The lowest BCUT2D eigenvalue weighted by Crippen LogP contribution is -2.61. The van der Waals surface area contributed by atoms with Crippen molar-refractivity contribution in [2.75, 3.05) is 39.8 Å². The molecule has 3 aliphatic heterocycles. The van der Waals surface area contributed by atoms with E-state index in [-0.39, 0.29) is 43.8 Å². The summed E-state index contributed by atoms with van der Waals surface area (Å²) in [7, 11) is 1.29. The summed E-state index contributed by atoms with van der Waals surface area (Å²) in [4.78, 5) is 142. The van der Waals surface area contributed by atoms with E-state index in [1.54, 1.807) is 78.8 Å². The van der Waals surface area contributed by atoms with Crippen LogP contribution in [0.1, 0.15) is 106 Å². The number of carbonyl (C=O) groups excluding carboxylic acids is 10. The van der Waals surface area contributed by atoms with Gasteiger partial charge < -0.3 is 81.7 Å². The standard InChI is InChI=1S/C59H87N9O17/c1-13-33(4)45-52(75)67-48-39-20-22-40(23-21-39)84-37(8)59(81,31-60-26-17-27-61-57(80)85-58(9,10)11)25-24-43(70)62-29-44(71)82-30-41(56(79)83-36(7)47(54(77)64-45)66-50(73)34(5)49(72)32(2)3)63-53(76)46(35(6)69)65-51(74)42(68(12)55(48)78)28-38-18-15-14-16-19-38/h14-16,18-25,32-37,41-42,45-49,60,69,72,81H,13,17,26-31H2,1-12H3,(H,61,80)(H,62,70)(H,63,76)(H,64,77)(H,65,74)(H,66,73)(H,67,75)/b25-24+/t33-,34+,35+,36+,37+,41-,42-,45+,46+,47-,48?,49+,59-/m0/s1. The number of nitrogens with zero attached hydrogens (tertiary/aromatic N) is 1. The largest absolute Gasteiger partial charge is 0.487 e. The Balaban J connectivity index is 1.96. The molecule has 2 aromatic rings.